The molecule has 2 atom stereocenters. The van der Waals surface area contributed by atoms with Gasteiger partial charge in [0.2, 0.25) is 0 Å². The van der Waals surface area contributed by atoms with Crippen molar-refractivity contribution >= 4 is 64.7 Å². The first-order valence-electron chi connectivity index (χ1n) is 10.8. The van der Waals surface area contributed by atoms with Crippen molar-refractivity contribution in [3.05, 3.63) is 121 Å². The molecule has 0 heterocycles. The average Bonchev–Trinajstić information content (AvgIpc) is 2.92. The molecule has 0 radical (unpaired) electrons. The van der Waals surface area contributed by atoms with Crippen LogP contribution in [0.25, 0.3) is 0 Å². The molecule has 6 nitrogen and oxygen atoms in total. The third-order valence-corrected chi connectivity index (χ3v) is 7.74. The summed E-state index contributed by atoms with van der Waals surface area (Å²) in [6, 6.07) is 42.6. The summed E-state index contributed by atoms with van der Waals surface area (Å²) in [5.74, 6) is 0. The summed E-state index contributed by atoms with van der Waals surface area (Å²) >= 11 is 0.543. The Hall–Kier alpha value is -1.76. The van der Waals surface area contributed by atoms with Gasteiger partial charge in [0.05, 0.1) is 0 Å². The Morgan fingerprint density at radius 2 is 0.639 bits per heavy atom. The van der Waals surface area contributed by atoms with E-state index in [1.54, 1.807) is 0 Å². The van der Waals surface area contributed by atoms with E-state index in [2.05, 4.69) is 130 Å². The summed E-state index contributed by atoms with van der Waals surface area (Å²) in [5, 5.41) is 0. The minimum atomic E-state index is -2.87. The van der Waals surface area contributed by atoms with Crippen LogP contribution in [0.3, 0.4) is 0 Å². The molecule has 0 aliphatic rings. The molecule has 36 heavy (non-hydrogen) atoms. The van der Waals surface area contributed by atoms with Crippen LogP contribution in [-0.2, 0) is 18.2 Å². The quantitative estimate of drug-likeness (QED) is 0.265. The van der Waals surface area contributed by atoms with Gasteiger partial charge >= 0.3 is 169 Å². The second-order valence-corrected chi connectivity index (χ2v) is 11.9. The number of hydrogen-bond donors (Lipinski definition) is 0. The number of benzene rings is 4. The first-order chi connectivity index (χ1) is 17.4. The van der Waals surface area contributed by atoms with Gasteiger partial charge in [-0.15, -0.1) is 0 Å². The Balaban J connectivity index is 0.000000266. The van der Waals surface area contributed by atoms with Crippen LogP contribution < -0.4 is 27.5 Å². The summed E-state index contributed by atoms with van der Waals surface area (Å²) in [6.07, 6.45) is 0. The van der Waals surface area contributed by atoms with Crippen LogP contribution in [0.5, 0.6) is 0 Å². The van der Waals surface area contributed by atoms with E-state index < -0.39 is 16.5 Å². The Morgan fingerprint density at radius 1 is 0.472 bits per heavy atom. The zero-order valence-electron chi connectivity index (χ0n) is 20.2. The molecule has 184 valence electrons. The molecule has 0 aliphatic carbocycles. The van der Waals surface area contributed by atoms with Crippen molar-refractivity contribution in [1.82, 2.24) is 0 Å². The minimum absolute atomic E-state index is 0.271. The van der Waals surface area contributed by atoms with Crippen molar-refractivity contribution < 1.29 is 28.0 Å². The first-order valence-corrected chi connectivity index (χ1v) is 15.6. The molecule has 4 aromatic carbocycles. The van der Waals surface area contributed by atoms with Crippen LogP contribution in [0.1, 0.15) is 0 Å². The summed E-state index contributed by atoms with van der Waals surface area (Å²) in [5.41, 5.74) is 0. The summed E-state index contributed by atoms with van der Waals surface area (Å²) in [6.45, 7) is 0. The maximum atomic E-state index is 9.22. The topological polar surface area (TPSA) is 98.7 Å². The SMILES string of the molecule is CO[PH](=O)[O-].CO[PH](=O)[O-].c1cc[c]([Al+][c]2ccccc2)cc1.c1cc[c]([Al+][c]2ccccc2)cc1. The second kappa shape index (κ2) is 21.3. The van der Waals surface area contributed by atoms with Gasteiger partial charge in [0.25, 0.3) is 0 Å². The second-order valence-electron chi connectivity index (χ2n) is 6.84. The van der Waals surface area contributed by atoms with Gasteiger partial charge in [-0.1, -0.05) is 0 Å². The van der Waals surface area contributed by atoms with Crippen LogP contribution in [-0.4, -0.2) is 44.7 Å². The van der Waals surface area contributed by atoms with E-state index in [-0.39, 0.29) is 30.4 Å². The van der Waals surface area contributed by atoms with Crippen LogP contribution in [0, 0.1) is 0 Å². The first kappa shape index (κ1) is 32.3. The predicted octanol–water partition coefficient (Wildman–Crippen LogP) is 1.45. The summed E-state index contributed by atoms with van der Waals surface area (Å²) < 4.78 is 31.7. The zero-order valence-corrected chi connectivity index (χ0v) is 24.5. The van der Waals surface area contributed by atoms with Crippen LogP contribution in [0.4, 0.5) is 0 Å². The van der Waals surface area contributed by atoms with Crippen molar-refractivity contribution in [3.8, 4) is 0 Å². The summed E-state index contributed by atoms with van der Waals surface area (Å²) in [4.78, 5) is 18.4. The van der Waals surface area contributed by atoms with E-state index in [0.717, 1.165) is 14.2 Å². The molecule has 0 aliphatic heterocycles. The zero-order chi connectivity index (χ0) is 26.4. The molecule has 0 aromatic heterocycles. The van der Waals surface area contributed by atoms with Crippen molar-refractivity contribution in [1.29, 1.82) is 0 Å². The van der Waals surface area contributed by atoms with Crippen LogP contribution in [0.15, 0.2) is 121 Å². The van der Waals surface area contributed by atoms with Crippen molar-refractivity contribution in [3.63, 3.8) is 0 Å². The molecule has 0 amide bonds. The molecule has 0 saturated carbocycles. The normalized spacial score (nSPS) is 10.8. The molecule has 0 bridgehead atoms. The van der Waals surface area contributed by atoms with Crippen LogP contribution in [0.2, 0.25) is 0 Å². The molecule has 4 rings (SSSR count). The average molecular weight is 552 g/mol. The number of hydrogen-bond acceptors (Lipinski definition) is 6. The van der Waals surface area contributed by atoms with E-state index in [9.17, 15) is 18.9 Å². The van der Waals surface area contributed by atoms with E-state index in [4.69, 9.17) is 0 Å². The molecule has 4 aromatic rings. The Kier molecular flexibility index (Phi) is 19.1. The van der Waals surface area contributed by atoms with Gasteiger partial charge in [-0.3, -0.25) is 0 Å². The molecule has 0 spiro atoms. The maximum absolute atomic E-state index is 9.22. The third kappa shape index (κ3) is 17.6. The Morgan fingerprint density at radius 3 is 0.778 bits per heavy atom. The fourth-order valence-electron chi connectivity index (χ4n) is 2.58. The van der Waals surface area contributed by atoms with Crippen molar-refractivity contribution in [2.45, 2.75) is 0 Å². The fourth-order valence-corrected chi connectivity index (χ4v) is 5.01. The Bertz CT molecular complexity index is 940. The van der Waals surface area contributed by atoms with Gasteiger partial charge in [0, 0.05) is 14.2 Å². The van der Waals surface area contributed by atoms with Gasteiger partial charge in [0.1, 0.15) is 16.5 Å². The predicted molar refractivity (Wildman–Crippen MR) is 148 cm³/mol. The molecular formula is C26H28Al2O6P2. The van der Waals surface area contributed by atoms with E-state index in [0.29, 0.717) is 0 Å². The summed E-state index contributed by atoms with van der Waals surface area (Å²) in [7, 11) is -3.51. The monoisotopic (exact) mass is 552 g/mol. The molecule has 0 N–H and O–H groups in total. The van der Waals surface area contributed by atoms with Crippen LogP contribution >= 0.6 is 16.5 Å². The van der Waals surface area contributed by atoms with E-state index in [1.165, 1.54) is 17.7 Å². The van der Waals surface area contributed by atoms with Gasteiger partial charge in [0.15, 0.2) is 0 Å². The van der Waals surface area contributed by atoms with Gasteiger partial charge in [-0.2, -0.15) is 0 Å². The molecule has 0 fully saturated rings. The van der Waals surface area contributed by atoms with Gasteiger partial charge < -0.3 is 28.0 Å². The van der Waals surface area contributed by atoms with E-state index >= 15 is 0 Å². The Labute approximate surface area is 227 Å². The standard InChI is InChI=1S/4C6H5.2CH5O3P.2Al/c4*1-2-4-6-5-3-1;2*1-4-5(2)3;;/h4*1-5H;2*5H,1H3,(H,2,3);;/q;;;;;;2*+1/p-2. The van der Waals surface area contributed by atoms with Crippen molar-refractivity contribution in [2.24, 2.45) is 0 Å². The molecular weight excluding hydrogens is 524 g/mol. The van der Waals surface area contributed by atoms with Crippen molar-refractivity contribution in [2.75, 3.05) is 14.2 Å². The van der Waals surface area contributed by atoms with Gasteiger partial charge in [-0.25, -0.2) is 0 Å². The molecule has 10 heteroatoms. The number of rotatable bonds is 6. The van der Waals surface area contributed by atoms with E-state index in [1.807, 2.05) is 0 Å². The van der Waals surface area contributed by atoms with Gasteiger partial charge in [-0.05, 0) is 0 Å². The fraction of sp³-hybridized carbons (Fsp3) is 0.0769. The molecule has 2 unspecified atom stereocenters. The molecule has 0 saturated heterocycles. The third-order valence-electron chi connectivity index (χ3n) is 4.20.